The molecule has 2 rings (SSSR count). The fraction of sp³-hybridized carbons (Fsp3) is 0.200. The van der Waals surface area contributed by atoms with E-state index in [9.17, 15) is 0 Å². The third-order valence-corrected chi connectivity index (χ3v) is 2.39. The van der Waals surface area contributed by atoms with Gasteiger partial charge in [0.2, 0.25) is 6.29 Å². The van der Waals surface area contributed by atoms with Gasteiger partial charge in [0.05, 0.1) is 6.61 Å². The van der Waals surface area contributed by atoms with Crippen molar-refractivity contribution >= 4 is 0 Å². The summed E-state index contributed by atoms with van der Waals surface area (Å²) in [6.07, 6.45) is -0.0659. The molecule has 2 aromatic carbocycles. The van der Waals surface area contributed by atoms with Crippen LogP contribution in [0.15, 0.2) is 60.7 Å². The van der Waals surface area contributed by atoms with Gasteiger partial charge in [0, 0.05) is 6.42 Å². The normalized spacial score (nSPS) is 10.3. The van der Waals surface area contributed by atoms with E-state index >= 15 is 0 Å². The quantitative estimate of drug-likeness (QED) is 0.794. The van der Waals surface area contributed by atoms with Crippen LogP contribution >= 0.6 is 0 Å². The Hall–Kier alpha value is -2.00. The molecule has 0 fully saturated rings. The maximum atomic E-state index is 9.03. The minimum atomic E-state index is -0.486. The summed E-state index contributed by atoms with van der Waals surface area (Å²) in [7, 11) is 0. The van der Waals surface area contributed by atoms with Crippen molar-refractivity contribution in [2.75, 3.05) is 6.61 Å². The number of aliphatic hydroxyl groups excluding tert-OH is 1. The first-order chi connectivity index (χ1) is 8.88. The fourth-order valence-corrected chi connectivity index (χ4v) is 1.55. The van der Waals surface area contributed by atoms with Gasteiger partial charge in [-0.3, -0.25) is 0 Å². The van der Waals surface area contributed by atoms with Crippen molar-refractivity contribution in [1.29, 1.82) is 0 Å². The van der Waals surface area contributed by atoms with Crippen molar-refractivity contribution in [2.24, 2.45) is 0 Å². The molecule has 0 radical (unpaired) electrons. The number of aliphatic hydroxyl groups is 1. The lowest BCUT2D eigenvalue weighted by Gasteiger charge is -2.19. The molecule has 1 N–H and O–H groups in total. The molecule has 3 heteroatoms. The fourth-order valence-electron chi connectivity index (χ4n) is 1.55. The molecule has 94 valence electrons. The zero-order chi connectivity index (χ0) is 12.6. The molecule has 2 aromatic rings. The van der Waals surface area contributed by atoms with Crippen LogP contribution in [0.1, 0.15) is 6.42 Å². The minimum absolute atomic E-state index is 0.0182. The first-order valence-electron chi connectivity index (χ1n) is 5.93. The Labute approximate surface area is 107 Å². The van der Waals surface area contributed by atoms with Crippen molar-refractivity contribution in [2.45, 2.75) is 12.7 Å². The molecule has 0 unspecified atom stereocenters. The molecule has 0 aromatic heterocycles. The van der Waals surface area contributed by atoms with Crippen molar-refractivity contribution in [3.63, 3.8) is 0 Å². The molecule has 0 aliphatic carbocycles. The van der Waals surface area contributed by atoms with Crippen LogP contribution in [-0.4, -0.2) is 18.0 Å². The average Bonchev–Trinajstić information content (AvgIpc) is 2.41. The molecule has 0 heterocycles. The number of ether oxygens (including phenoxy) is 2. The van der Waals surface area contributed by atoms with E-state index < -0.39 is 6.29 Å². The summed E-state index contributed by atoms with van der Waals surface area (Å²) in [6, 6.07) is 18.9. The van der Waals surface area contributed by atoms with Crippen LogP contribution in [0.4, 0.5) is 0 Å². The van der Waals surface area contributed by atoms with E-state index in [1.807, 2.05) is 60.7 Å². The Balaban J connectivity index is 2.00. The summed E-state index contributed by atoms with van der Waals surface area (Å²) in [5.41, 5.74) is 0. The van der Waals surface area contributed by atoms with Gasteiger partial charge >= 0.3 is 0 Å². The van der Waals surface area contributed by atoms with Gasteiger partial charge in [0.15, 0.2) is 0 Å². The molecule has 0 bridgehead atoms. The molecule has 0 saturated carbocycles. The number of rotatable bonds is 6. The van der Waals surface area contributed by atoms with Crippen LogP contribution in [0.3, 0.4) is 0 Å². The van der Waals surface area contributed by atoms with E-state index in [2.05, 4.69) is 0 Å². The lowest BCUT2D eigenvalue weighted by Crippen LogP contribution is -2.25. The Morgan fingerprint density at radius 2 is 1.22 bits per heavy atom. The number of para-hydroxylation sites is 2. The molecule has 3 nitrogen and oxygen atoms in total. The molecule has 0 atom stereocenters. The van der Waals surface area contributed by atoms with Crippen molar-refractivity contribution in [3.8, 4) is 11.5 Å². The number of hydrogen-bond donors (Lipinski definition) is 1. The predicted octanol–water partition coefficient (Wildman–Crippen LogP) is 2.85. The van der Waals surface area contributed by atoms with Gasteiger partial charge in [0.25, 0.3) is 0 Å². The van der Waals surface area contributed by atoms with Crippen LogP contribution < -0.4 is 9.47 Å². The van der Waals surface area contributed by atoms with E-state index in [-0.39, 0.29) is 6.61 Å². The monoisotopic (exact) mass is 244 g/mol. The van der Waals surface area contributed by atoms with E-state index in [4.69, 9.17) is 14.6 Å². The zero-order valence-corrected chi connectivity index (χ0v) is 10.0. The van der Waals surface area contributed by atoms with Gasteiger partial charge < -0.3 is 14.6 Å². The van der Waals surface area contributed by atoms with Gasteiger partial charge in [-0.1, -0.05) is 36.4 Å². The lowest BCUT2D eigenvalue weighted by molar-refractivity contribution is -0.0116. The summed E-state index contributed by atoms with van der Waals surface area (Å²) in [5.74, 6) is 1.46. The van der Waals surface area contributed by atoms with Gasteiger partial charge in [-0.2, -0.15) is 0 Å². The third-order valence-electron chi connectivity index (χ3n) is 2.39. The largest absolute Gasteiger partial charge is 0.455 e. The van der Waals surface area contributed by atoms with E-state index in [0.717, 1.165) is 11.5 Å². The average molecular weight is 244 g/mol. The number of hydrogen-bond acceptors (Lipinski definition) is 3. The van der Waals surface area contributed by atoms with E-state index in [1.165, 1.54) is 0 Å². The van der Waals surface area contributed by atoms with Crippen molar-refractivity contribution in [3.05, 3.63) is 60.7 Å². The molecule has 0 aliphatic rings. The van der Waals surface area contributed by atoms with Gasteiger partial charge in [0.1, 0.15) is 11.5 Å². The first kappa shape index (κ1) is 12.5. The Morgan fingerprint density at radius 3 is 1.61 bits per heavy atom. The zero-order valence-electron chi connectivity index (χ0n) is 10.0. The Kier molecular flexibility index (Phi) is 4.61. The molecular weight excluding hydrogens is 228 g/mol. The number of benzene rings is 2. The summed E-state index contributed by atoms with van der Waals surface area (Å²) < 4.78 is 11.4. The van der Waals surface area contributed by atoms with Gasteiger partial charge in [-0.15, -0.1) is 0 Å². The molecule has 0 saturated heterocycles. The highest BCUT2D eigenvalue weighted by molar-refractivity contribution is 5.23. The highest BCUT2D eigenvalue weighted by Gasteiger charge is 2.11. The Bertz CT molecular complexity index is 400. The van der Waals surface area contributed by atoms with E-state index in [1.54, 1.807) is 0 Å². The second kappa shape index (κ2) is 6.67. The maximum Gasteiger partial charge on any atom is 0.243 e. The van der Waals surface area contributed by atoms with Crippen LogP contribution in [-0.2, 0) is 0 Å². The van der Waals surface area contributed by atoms with E-state index in [0.29, 0.717) is 6.42 Å². The van der Waals surface area contributed by atoms with Crippen LogP contribution in [0.5, 0.6) is 11.5 Å². The third kappa shape index (κ3) is 3.79. The highest BCUT2D eigenvalue weighted by Crippen LogP contribution is 2.17. The predicted molar refractivity (Wildman–Crippen MR) is 69.6 cm³/mol. The van der Waals surface area contributed by atoms with Crippen molar-refractivity contribution < 1.29 is 14.6 Å². The first-order valence-corrected chi connectivity index (χ1v) is 5.93. The SMILES string of the molecule is OCCC(Oc1ccccc1)Oc1ccccc1. The second-order valence-electron chi connectivity index (χ2n) is 3.80. The molecule has 0 spiro atoms. The second-order valence-corrected chi connectivity index (χ2v) is 3.80. The van der Waals surface area contributed by atoms with Crippen LogP contribution in [0, 0.1) is 0 Å². The summed E-state index contributed by atoms with van der Waals surface area (Å²) >= 11 is 0. The minimum Gasteiger partial charge on any atom is -0.455 e. The van der Waals surface area contributed by atoms with Gasteiger partial charge in [-0.05, 0) is 24.3 Å². The smallest absolute Gasteiger partial charge is 0.243 e. The molecule has 18 heavy (non-hydrogen) atoms. The molecular formula is C15H16O3. The van der Waals surface area contributed by atoms with Gasteiger partial charge in [-0.25, -0.2) is 0 Å². The lowest BCUT2D eigenvalue weighted by atomic mass is 10.3. The highest BCUT2D eigenvalue weighted by atomic mass is 16.7. The van der Waals surface area contributed by atoms with Crippen LogP contribution in [0.25, 0.3) is 0 Å². The topological polar surface area (TPSA) is 38.7 Å². The standard InChI is InChI=1S/C15H16O3/c16-12-11-15(17-13-7-3-1-4-8-13)18-14-9-5-2-6-10-14/h1-10,15-16H,11-12H2. The molecule has 0 aliphatic heterocycles. The summed E-state index contributed by atoms with van der Waals surface area (Å²) in [5, 5.41) is 9.03. The van der Waals surface area contributed by atoms with Crippen LogP contribution in [0.2, 0.25) is 0 Å². The Morgan fingerprint density at radius 1 is 0.778 bits per heavy atom. The molecule has 0 amide bonds. The maximum absolute atomic E-state index is 9.03. The van der Waals surface area contributed by atoms with Crippen molar-refractivity contribution in [1.82, 2.24) is 0 Å². The summed E-state index contributed by atoms with van der Waals surface area (Å²) in [4.78, 5) is 0. The summed E-state index contributed by atoms with van der Waals surface area (Å²) in [6.45, 7) is 0.0182.